The second-order valence-corrected chi connectivity index (χ2v) is 6.64. The predicted octanol–water partition coefficient (Wildman–Crippen LogP) is 4.53. The Labute approximate surface area is 128 Å². The van der Waals surface area contributed by atoms with Crippen LogP contribution in [0.5, 0.6) is 0 Å². The summed E-state index contributed by atoms with van der Waals surface area (Å²) in [6, 6.07) is 4.78. The quantitative estimate of drug-likeness (QED) is 0.856. The molecule has 0 spiro atoms. The summed E-state index contributed by atoms with van der Waals surface area (Å²) >= 11 is 3.10. The van der Waals surface area contributed by atoms with Crippen LogP contribution >= 0.6 is 15.9 Å². The van der Waals surface area contributed by atoms with Crippen LogP contribution in [0.25, 0.3) is 0 Å². The van der Waals surface area contributed by atoms with E-state index >= 15 is 0 Å². The summed E-state index contributed by atoms with van der Waals surface area (Å²) < 4.78 is 14.1. The number of carbonyl (C=O) groups is 1. The van der Waals surface area contributed by atoms with Gasteiger partial charge in [-0.15, -0.1) is 0 Å². The molecule has 20 heavy (non-hydrogen) atoms. The van der Waals surface area contributed by atoms with Crippen molar-refractivity contribution in [2.75, 3.05) is 6.54 Å². The largest absolute Gasteiger partial charge is 0.352 e. The van der Waals surface area contributed by atoms with Crippen molar-refractivity contribution in [3.05, 3.63) is 34.1 Å². The average Bonchev–Trinajstić information content (AvgIpc) is 2.42. The lowest BCUT2D eigenvalue weighted by molar-refractivity contribution is 0.0945. The molecule has 2 nitrogen and oxygen atoms in total. The molecule has 2 rings (SSSR count). The van der Waals surface area contributed by atoms with Crippen molar-refractivity contribution in [3.63, 3.8) is 0 Å². The maximum Gasteiger partial charge on any atom is 0.254 e. The monoisotopic (exact) mass is 341 g/mol. The molecule has 1 aliphatic rings. The minimum atomic E-state index is -0.490. The second-order valence-electron chi connectivity index (χ2n) is 5.78. The van der Waals surface area contributed by atoms with Gasteiger partial charge in [0.25, 0.3) is 5.91 Å². The molecule has 1 aromatic carbocycles. The molecule has 1 aromatic rings. The van der Waals surface area contributed by atoms with E-state index in [-0.39, 0.29) is 11.5 Å². The Hall–Kier alpha value is -0.900. The maximum absolute atomic E-state index is 13.8. The predicted molar refractivity (Wildman–Crippen MR) is 82.2 cm³/mol. The lowest BCUT2D eigenvalue weighted by Gasteiger charge is -2.26. The number of carbonyl (C=O) groups excluding carboxylic acids is 1. The summed E-state index contributed by atoms with van der Waals surface area (Å²) in [4.78, 5) is 12.0. The highest BCUT2D eigenvalue weighted by Gasteiger charge is 2.19. The zero-order valence-electron chi connectivity index (χ0n) is 11.8. The number of benzene rings is 1. The van der Waals surface area contributed by atoms with Crippen LogP contribution < -0.4 is 5.32 Å². The van der Waals surface area contributed by atoms with Crippen molar-refractivity contribution in [2.24, 2.45) is 11.8 Å². The fraction of sp³-hybridized carbons (Fsp3) is 0.562. The summed E-state index contributed by atoms with van der Waals surface area (Å²) in [6.07, 6.45) is 6.12. The molecule has 1 fully saturated rings. The van der Waals surface area contributed by atoms with Gasteiger partial charge in [-0.3, -0.25) is 4.79 Å². The van der Waals surface area contributed by atoms with E-state index in [0.717, 1.165) is 12.3 Å². The van der Waals surface area contributed by atoms with Gasteiger partial charge in [0.1, 0.15) is 5.82 Å². The second kappa shape index (κ2) is 7.21. The van der Waals surface area contributed by atoms with Gasteiger partial charge in [0.15, 0.2) is 0 Å². The zero-order valence-corrected chi connectivity index (χ0v) is 13.4. The van der Waals surface area contributed by atoms with E-state index in [2.05, 4.69) is 28.2 Å². The fourth-order valence-electron chi connectivity index (χ4n) is 2.99. The first-order valence-corrected chi connectivity index (χ1v) is 8.09. The Balaban J connectivity index is 1.82. The Morgan fingerprint density at radius 3 is 3.00 bits per heavy atom. The van der Waals surface area contributed by atoms with Crippen LogP contribution in [0, 0.1) is 17.7 Å². The first-order valence-electron chi connectivity index (χ1n) is 7.30. The van der Waals surface area contributed by atoms with E-state index in [0.29, 0.717) is 16.9 Å². The highest BCUT2D eigenvalue weighted by Crippen LogP contribution is 2.30. The fourth-order valence-corrected chi connectivity index (χ4v) is 3.35. The molecule has 0 aliphatic heterocycles. The molecule has 0 bridgehead atoms. The topological polar surface area (TPSA) is 29.1 Å². The molecular weight excluding hydrogens is 321 g/mol. The molecule has 0 radical (unpaired) electrons. The summed E-state index contributed by atoms with van der Waals surface area (Å²) in [6.45, 7) is 2.92. The average molecular weight is 342 g/mol. The Bertz CT molecular complexity index is 478. The van der Waals surface area contributed by atoms with Gasteiger partial charge in [-0.1, -0.05) is 32.3 Å². The number of nitrogens with one attached hydrogen (secondary N) is 1. The Morgan fingerprint density at radius 2 is 2.25 bits per heavy atom. The Morgan fingerprint density at radius 1 is 1.45 bits per heavy atom. The van der Waals surface area contributed by atoms with E-state index in [1.54, 1.807) is 12.1 Å². The van der Waals surface area contributed by atoms with Crippen LogP contribution in [0.4, 0.5) is 4.39 Å². The lowest BCUT2D eigenvalue weighted by atomic mass is 9.81. The van der Waals surface area contributed by atoms with Gasteiger partial charge in [-0.2, -0.15) is 0 Å². The molecule has 0 saturated heterocycles. The third-order valence-corrected chi connectivity index (χ3v) is 4.69. The minimum Gasteiger partial charge on any atom is -0.352 e. The van der Waals surface area contributed by atoms with Gasteiger partial charge in [0.2, 0.25) is 0 Å². The normalized spacial score (nSPS) is 22.6. The molecule has 1 N–H and O–H groups in total. The molecule has 1 amide bonds. The third kappa shape index (κ3) is 4.05. The summed E-state index contributed by atoms with van der Waals surface area (Å²) in [5, 5.41) is 2.83. The van der Waals surface area contributed by atoms with Crippen LogP contribution in [0.1, 0.15) is 49.4 Å². The van der Waals surface area contributed by atoms with Gasteiger partial charge in [-0.25, -0.2) is 4.39 Å². The van der Waals surface area contributed by atoms with Crippen molar-refractivity contribution in [3.8, 4) is 0 Å². The minimum absolute atomic E-state index is 0.108. The third-order valence-electron chi connectivity index (χ3n) is 4.08. The first-order chi connectivity index (χ1) is 9.58. The van der Waals surface area contributed by atoms with E-state index in [9.17, 15) is 9.18 Å². The SMILES string of the molecule is CC1CCCC(CCNC(=O)c2cccc(Br)c2F)C1. The van der Waals surface area contributed by atoms with Gasteiger partial charge >= 0.3 is 0 Å². The maximum atomic E-state index is 13.8. The number of amides is 1. The smallest absolute Gasteiger partial charge is 0.254 e. The van der Waals surface area contributed by atoms with E-state index < -0.39 is 5.82 Å². The first kappa shape index (κ1) is 15.5. The standard InChI is InChI=1S/C16H21BrFNO/c1-11-4-2-5-12(10-11)8-9-19-16(20)13-6-3-7-14(17)15(13)18/h3,6-7,11-12H,2,4-5,8-10H2,1H3,(H,19,20). The number of hydrogen-bond acceptors (Lipinski definition) is 1. The van der Waals surface area contributed by atoms with Crippen LogP contribution in [0.2, 0.25) is 0 Å². The van der Waals surface area contributed by atoms with Gasteiger partial charge < -0.3 is 5.32 Å². The van der Waals surface area contributed by atoms with Crippen molar-refractivity contribution in [1.82, 2.24) is 5.32 Å². The van der Waals surface area contributed by atoms with Crippen LogP contribution in [0.3, 0.4) is 0 Å². The van der Waals surface area contributed by atoms with E-state index in [4.69, 9.17) is 0 Å². The molecule has 2 atom stereocenters. The summed E-state index contributed by atoms with van der Waals surface area (Å²) in [7, 11) is 0. The highest BCUT2D eigenvalue weighted by molar-refractivity contribution is 9.10. The van der Waals surface area contributed by atoms with Gasteiger partial charge in [-0.05, 0) is 52.7 Å². The summed E-state index contributed by atoms with van der Waals surface area (Å²) in [5.41, 5.74) is 0.108. The molecule has 4 heteroatoms. The number of halogens is 2. The molecule has 1 saturated carbocycles. The molecule has 0 aromatic heterocycles. The highest BCUT2D eigenvalue weighted by atomic mass is 79.9. The van der Waals surface area contributed by atoms with Gasteiger partial charge in [0, 0.05) is 6.54 Å². The van der Waals surface area contributed by atoms with Crippen molar-refractivity contribution >= 4 is 21.8 Å². The van der Waals surface area contributed by atoms with Gasteiger partial charge in [0.05, 0.1) is 10.0 Å². The van der Waals surface area contributed by atoms with Crippen LogP contribution in [0.15, 0.2) is 22.7 Å². The summed E-state index contributed by atoms with van der Waals surface area (Å²) in [5.74, 6) is 0.683. The molecule has 2 unspecified atom stereocenters. The van der Waals surface area contributed by atoms with Crippen LogP contribution in [-0.2, 0) is 0 Å². The van der Waals surface area contributed by atoms with Crippen LogP contribution in [-0.4, -0.2) is 12.5 Å². The van der Waals surface area contributed by atoms with E-state index in [1.165, 1.54) is 31.7 Å². The number of hydrogen-bond donors (Lipinski definition) is 1. The lowest BCUT2D eigenvalue weighted by Crippen LogP contribution is -2.27. The number of rotatable bonds is 4. The molecule has 110 valence electrons. The van der Waals surface area contributed by atoms with Crippen molar-refractivity contribution < 1.29 is 9.18 Å². The zero-order chi connectivity index (χ0) is 14.5. The van der Waals surface area contributed by atoms with Crippen molar-refractivity contribution in [1.29, 1.82) is 0 Å². The van der Waals surface area contributed by atoms with E-state index in [1.807, 2.05) is 0 Å². The molecular formula is C16H21BrFNO. The molecule has 0 heterocycles. The Kier molecular flexibility index (Phi) is 5.58. The van der Waals surface area contributed by atoms with Crippen molar-refractivity contribution in [2.45, 2.75) is 39.0 Å². The molecule has 1 aliphatic carbocycles.